The molecule has 5 heteroatoms. The summed E-state index contributed by atoms with van der Waals surface area (Å²) in [4.78, 5) is 18.6. The van der Waals surface area contributed by atoms with Gasteiger partial charge in [-0.25, -0.2) is 9.78 Å². The molecule has 76 valence electrons. The number of nitrogens with one attached hydrogen (secondary N) is 1. The Labute approximate surface area is 82.2 Å². The largest absolute Gasteiger partial charge is 0.480 e. The predicted octanol–water partition coefficient (Wildman–Crippen LogP) is 0.998. The fourth-order valence-corrected chi connectivity index (χ4v) is 1.05. The summed E-state index contributed by atoms with van der Waals surface area (Å²) in [5.74, 6) is -0.409. The van der Waals surface area contributed by atoms with Crippen LogP contribution in [0.2, 0.25) is 0 Å². The van der Waals surface area contributed by atoms with Crippen molar-refractivity contribution in [2.45, 2.75) is 19.9 Å². The highest BCUT2D eigenvalue weighted by molar-refractivity contribution is 5.77. The molecule has 0 saturated carbocycles. The minimum absolute atomic E-state index is 0.00509. The van der Waals surface area contributed by atoms with Crippen LogP contribution in [0.1, 0.15) is 13.8 Å². The average molecular weight is 195 g/mol. The van der Waals surface area contributed by atoms with Gasteiger partial charge in [0.15, 0.2) is 0 Å². The zero-order chi connectivity index (χ0) is 10.6. The van der Waals surface area contributed by atoms with Crippen molar-refractivity contribution in [1.29, 1.82) is 0 Å². The lowest BCUT2D eigenvalue weighted by Gasteiger charge is -2.17. The topological polar surface area (TPSA) is 75.1 Å². The van der Waals surface area contributed by atoms with Gasteiger partial charge in [0, 0.05) is 12.4 Å². The van der Waals surface area contributed by atoms with Crippen molar-refractivity contribution in [3.8, 4) is 0 Å². The van der Waals surface area contributed by atoms with Crippen molar-refractivity contribution in [3.05, 3.63) is 18.6 Å². The molecule has 0 aliphatic heterocycles. The maximum Gasteiger partial charge on any atom is 0.326 e. The molecule has 1 rings (SSSR count). The molecule has 1 heterocycles. The molecule has 0 bridgehead atoms. The number of rotatable bonds is 4. The molecule has 0 spiro atoms. The van der Waals surface area contributed by atoms with E-state index in [2.05, 4.69) is 15.3 Å². The van der Waals surface area contributed by atoms with E-state index in [1.54, 1.807) is 0 Å². The van der Waals surface area contributed by atoms with Crippen LogP contribution in [0, 0.1) is 5.92 Å². The number of hydrogen-bond acceptors (Lipinski definition) is 4. The van der Waals surface area contributed by atoms with Crippen molar-refractivity contribution < 1.29 is 9.90 Å². The van der Waals surface area contributed by atoms with E-state index < -0.39 is 12.0 Å². The van der Waals surface area contributed by atoms with Crippen molar-refractivity contribution in [2.24, 2.45) is 5.92 Å². The minimum Gasteiger partial charge on any atom is -0.480 e. The van der Waals surface area contributed by atoms with Gasteiger partial charge in [0.1, 0.15) is 11.9 Å². The van der Waals surface area contributed by atoms with E-state index >= 15 is 0 Å². The normalized spacial score (nSPS) is 12.5. The number of aromatic nitrogens is 2. The SMILES string of the molecule is CC(C)[C@H](Nc1cnccn1)C(=O)O. The van der Waals surface area contributed by atoms with Crippen LogP contribution in [0.3, 0.4) is 0 Å². The molecule has 0 fully saturated rings. The third kappa shape index (κ3) is 2.69. The first kappa shape index (κ1) is 10.4. The first-order chi connectivity index (χ1) is 6.61. The summed E-state index contributed by atoms with van der Waals surface area (Å²) >= 11 is 0. The van der Waals surface area contributed by atoms with Crippen molar-refractivity contribution in [2.75, 3.05) is 5.32 Å². The Kier molecular flexibility index (Phi) is 3.39. The van der Waals surface area contributed by atoms with Gasteiger partial charge in [0.2, 0.25) is 0 Å². The highest BCUT2D eigenvalue weighted by Gasteiger charge is 2.21. The molecule has 1 aromatic heterocycles. The zero-order valence-corrected chi connectivity index (χ0v) is 8.14. The van der Waals surface area contributed by atoms with Gasteiger partial charge in [-0.3, -0.25) is 4.98 Å². The number of carboxylic acids is 1. The second-order valence-electron chi connectivity index (χ2n) is 3.29. The van der Waals surface area contributed by atoms with Crippen molar-refractivity contribution in [3.63, 3.8) is 0 Å². The van der Waals surface area contributed by atoms with E-state index in [4.69, 9.17) is 5.11 Å². The number of carbonyl (C=O) groups is 1. The lowest BCUT2D eigenvalue weighted by molar-refractivity contribution is -0.138. The number of nitrogens with zero attached hydrogens (tertiary/aromatic N) is 2. The Morgan fingerprint density at radius 2 is 2.21 bits per heavy atom. The van der Waals surface area contributed by atoms with E-state index in [-0.39, 0.29) is 5.92 Å². The summed E-state index contributed by atoms with van der Waals surface area (Å²) in [5.41, 5.74) is 0. The Balaban J connectivity index is 2.70. The highest BCUT2D eigenvalue weighted by atomic mass is 16.4. The first-order valence-corrected chi connectivity index (χ1v) is 4.36. The third-order valence-electron chi connectivity index (χ3n) is 1.80. The van der Waals surface area contributed by atoms with Gasteiger partial charge in [0.05, 0.1) is 6.20 Å². The predicted molar refractivity (Wildman–Crippen MR) is 51.9 cm³/mol. The standard InChI is InChI=1S/C9H13N3O2/c1-6(2)8(9(13)14)12-7-5-10-3-4-11-7/h3-6,8H,1-2H3,(H,11,12)(H,13,14)/t8-/m0/s1. The monoisotopic (exact) mass is 195 g/mol. The number of aliphatic carboxylic acids is 1. The summed E-state index contributed by atoms with van der Waals surface area (Å²) in [6, 6.07) is -0.633. The summed E-state index contributed by atoms with van der Waals surface area (Å²) in [6.07, 6.45) is 4.55. The maximum absolute atomic E-state index is 10.8. The lowest BCUT2D eigenvalue weighted by Crippen LogP contribution is -2.34. The lowest BCUT2D eigenvalue weighted by atomic mass is 10.1. The molecule has 1 aromatic rings. The second-order valence-corrected chi connectivity index (χ2v) is 3.29. The Morgan fingerprint density at radius 3 is 2.64 bits per heavy atom. The molecule has 0 unspecified atom stereocenters. The zero-order valence-electron chi connectivity index (χ0n) is 8.14. The van der Waals surface area contributed by atoms with Crippen LogP contribution in [0.15, 0.2) is 18.6 Å². The Bertz CT molecular complexity index is 300. The Morgan fingerprint density at radius 1 is 1.50 bits per heavy atom. The molecular formula is C9H13N3O2. The van der Waals surface area contributed by atoms with Gasteiger partial charge < -0.3 is 10.4 Å². The molecule has 0 aromatic carbocycles. The summed E-state index contributed by atoms with van der Waals surface area (Å²) in [7, 11) is 0. The van der Waals surface area contributed by atoms with Gasteiger partial charge in [-0.2, -0.15) is 0 Å². The van der Waals surface area contributed by atoms with Crippen LogP contribution in [0.25, 0.3) is 0 Å². The third-order valence-corrected chi connectivity index (χ3v) is 1.80. The smallest absolute Gasteiger partial charge is 0.326 e. The summed E-state index contributed by atoms with van der Waals surface area (Å²) in [5, 5.41) is 11.7. The average Bonchev–Trinajstić information content (AvgIpc) is 2.15. The van der Waals surface area contributed by atoms with Gasteiger partial charge in [-0.15, -0.1) is 0 Å². The molecule has 0 aliphatic rings. The molecule has 0 radical (unpaired) electrons. The number of carboxylic acid groups (broad SMARTS) is 1. The first-order valence-electron chi connectivity index (χ1n) is 4.36. The maximum atomic E-state index is 10.8. The fourth-order valence-electron chi connectivity index (χ4n) is 1.05. The Hall–Kier alpha value is -1.65. The van der Waals surface area contributed by atoms with E-state index in [9.17, 15) is 4.79 Å². The van der Waals surface area contributed by atoms with Gasteiger partial charge in [-0.1, -0.05) is 13.8 Å². The van der Waals surface area contributed by atoms with Crippen molar-refractivity contribution in [1.82, 2.24) is 9.97 Å². The summed E-state index contributed by atoms with van der Waals surface area (Å²) < 4.78 is 0. The molecule has 0 saturated heterocycles. The highest BCUT2D eigenvalue weighted by Crippen LogP contribution is 2.08. The molecule has 5 nitrogen and oxygen atoms in total. The molecule has 2 N–H and O–H groups in total. The van der Waals surface area contributed by atoms with Crippen LogP contribution in [-0.2, 0) is 4.79 Å². The minimum atomic E-state index is -0.884. The van der Waals surface area contributed by atoms with Crippen LogP contribution in [-0.4, -0.2) is 27.1 Å². The second kappa shape index (κ2) is 4.55. The molecule has 14 heavy (non-hydrogen) atoms. The molecule has 0 aliphatic carbocycles. The van der Waals surface area contributed by atoms with E-state index in [1.807, 2.05) is 13.8 Å². The van der Waals surface area contributed by atoms with E-state index in [0.717, 1.165) is 0 Å². The molecule has 1 atom stereocenters. The summed E-state index contributed by atoms with van der Waals surface area (Å²) in [6.45, 7) is 3.67. The number of anilines is 1. The van der Waals surface area contributed by atoms with Gasteiger partial charge in [0.25, 0.3) is 0 Å². The van der Waals surface area contributed by atoms with E-state index in [1.165, 1.54) is 18.6 Å². The van der Waals surface area contributed by atoms with Crippen LogP contribution >= 0.6 is 0 Å². The van der Waals surface area contributed by atoms with Gasteiger partial charge >= 0.3 is 5.97 Å². The number of hydrogen-bond donors (Lipinski definition) is 2. The molecule has 0 amide bonds. The van der Waals surface area contributed by atoms with Crippen LogP contribution < -0.4 is 5.32 Å². The fraction of sp³-hybridized carbons (Fsp3) is 0.444. The van der Waals surface area contributed by atoms with Crippen molar-refractivity contribution >= 4 is 11.8 Å². The van der Waals surface area contributed by atoms with Gasteiger partial charge in [-0.05, 0) is 5.92 Å². The quantitative estimate of drug-likeness (QED) is 0.749. The van der Waals surface area contributed by atoms with Crippen LogP contribution in [0.4, 0.5) is 5.82 Å². The van der Waals surface area contributed by atoms with Crippen LogP contribution in [0.5, 0.6) is 0 Å². The van der Waals surface area contributed by atoms with E-state index in [0.29, 0.717) is 5.82 Å². The molecular weight excluding hydrogens is 182 g/mol.